The second-order valence-corrected chi connectivity index (χ2v) is 3.94. The van der Waals surface area contributed by atoms with Crippen LogP contribution < -0.4 is 5.32 Å². The number of rotatable bonds is 7. The highest BCUT2D eigenvalue weighted by atomic mass is 15.4. The minimum absolute atomic E-state index is 0.914. The molecule has 1 N–H and O–H groups in total. The Bertz CT molecular complexity index is 419. The topological polar surface area (TPSA) is 60.6 Å². The quantitative estimate of drug-likeness (QED) is 0.707. The minimum atomic E-state index is 0.914. The highest BCUT2D eigenvalue weighted by Crippen LogP contribution is 1.93. The average Bonchev–Trinajstić information content (AvgIpc) is 2.95. The van der Waals surface area contributed by atoms with Gasteiger partial charge in [0.1, 0.15) is 5.82 Å². The molecule has 2 heterocycles. The Kier molecular flexibility index (Phi) is 4.26. The van der Waals surface area contributed by atoms with Gasteiger partial charge in [0.15, 0.2) is 0 Å². The standard InChI is InChI=1S/C11H18N6/c1-11-13-5-9-16(11)8-4-12-3-2-7-17-10-6-14-15-17/h5-6,9-10,12H,2-4,7-8H2,1H3. The zero-order valence-corrected chi connectivity index (χ0v) is 10.1. The second kappa shape index (κ2) is 6.15. The van der Waals surface area contributed by atoms with E-state index < -0.39 is 0 Å². The van der Waals surface area contributed by atoms with E-state index in [9.17, 15) is 0 Å². The van der Waals surface area contributed by atoms with Crippen molar-refractivity contribution in [3.63, 3.8) is 0 Å². The van der Waals surface area contributed by atoms with E-state index in [1.807, 2.05) is 30.2 Å². The first kappa shape index (κ1) is 11.8. The molecule has 92 valence electrons. The fourth-order valence-electron chi connectivity index (χ4n) is 1.68. The van der Waals surface area contributed by atoms with Gasteiger partial charge in [0.2, 0.25) is 0 Å². The molecule has 6 heteroatoms. The molecule has 0 bridgehead atoms. The first-order chi connectivity index (χ1) is 8.36. The molecule has 0 radical (unpaired) electrons. The van der Waals surface area contributed by atoms with E-state index in [0.717, 1.165) is 38.4 Å². The molecule has 2 aromatic rings. The number of hydrogen-bond donors (Lipinski definition) is 1. The zero-order valence-electron chi connectivity index (χ0n) is 10.1. The van der Waals surface area contributed by atoms with E-state index in [-0.39, 0.29) is 0 Å². The summed E-state index contributed by atoms with van der Waals surface area (Å²) in [5.74, 6) is 1.06. The number of hydrogen-bond acceptors (Lipinski definition) is 4. The van der Waals surface area contributed by atoms with Crippen LogP contribution in [0.15, 0.2) is 24.8 Å². The average molecular weight is 234 g/mol. The smallest absolute Gasteiger partial charge is 0.105 e. The minimum Gasteiger partial charge on any atom is -0.334 e. The fourth-order valence-corrected chi connectivity index (χ4v) is 1.68. The van der Waals surface area contributed by atoms with Crippen LogP contribution in [0.25, 0.3) is 0 Å². The molecule has 6 nitrogen and oxygen atoms in total. The third-order valence-corrected chi connectivity index (χ3v) is 2.67. The Labute approximate surface area is 101 Å². The van der Waals surface area contributed by atoms with E-state index in [1.54, 1.807) is 6.20 Å². The Balaban J connectivity index is 1.54. The maximum Gasteiger partial charge on any atom is 0.105 e. The molecule has 0 fully saturated rings. The molecular formula is C11H18N6. The third-order valence-electron chi connectivity index (χ3n) is 2.67. The van der Waals surface area contributed by atoms with Gasteiger partial charge in [0.25, 0.3) is 0 Å². The van der Waals surface area contributed by atoms with Crippen LogP contribution in [0.1, 0.15) is 12.2 Å². The molecule has 0 amide bonds. The van der Waals surface area contributed by atoms with Gasteiger partial charge in [-0.15, -0.1) is 5.10 Å². The van der Waals surface area contributed by atoms with Crippen molar-refractivity contribution in [3.8, 4) is 0 Å². The molecule has 17 heavy (non-hydrogen) atoms. The van der Waals surface area contributed by atoms with Crippen LogP contribution in [0, 0.1) is 6.92 Å². The molecule has 0 saturated carbocycles. The maximum absolute atomic E-state index is 4.18. The summed E-state index contributed by atoms with van der Waals surface area (Å²) in [6, 6.07) is 0. The summed E-state index contributed by atoms with van der Waals surface area (Å²) >= 11 is 0. The summed E-state index contributed by atoms with van der Waals surface area (Å²) in [5.41, 5.74) is 0. The predicted molar refractivity (Wildman–Crippen MR) is 64.5 cm³/mol. The number of nitrogens with zero attached hydrogens (tertiary/aromatic N) is 5. The summed E-state index contributed by atoms with van der Waals surface area (Å²) in [5, 5.41) is 11.1. The summed E-state index contributed by atoms with van der Waals surface area (Å²) in [4.78, 5) is 4.18. The van der Waals surface area contributed by atoms with Gasteiger partial charge in [-0.2, -0.15) is 0 Å². The Hall–Kier alpha value is -1.69. The highest BCUT2D eigenvalue weighted by molar-refractivity contribution is 4.88. The SMILES string of the molecule is Cc1nccn1CCNCCCn1ccnn1. The molecule has 0 spiro atoms. The van der Waals surface area contributed by atoms with E-state index in [4.69, 9.17) is 0 Å². The monoisotopic (exact) mass is 234 g/mol. The molecule has 2 rings (SSSR count). The van der Waals surface area contributed by atoms with E-state index >= 15 is 0 Å². The lowest BCUT2D eigenvalue weighted by Crippen LogP contribution is -2.22. The Morgan fingerprint density at radius 2 is 2.12 bits per heavy atom. The number of aryl methyl sites for hydroxylation is 2. The van der Waals surface area contributed by atoms with Crippen LogP contribution in [0.3, 0.4) is 0 Å². The summed E-state index contributed by atoms with van der Waals surface area (Å²) in [6.45, 7) is 5.86. The van der Waals surface area contributed by atoms with Crippen molar-refractivity contribution in [2.45, 2.75) is 26.4 Å². The van der Waals surface area contributed by atoms with Crippen molar-refractivity contribution in [2.75, 3.05) is 13.1 Å². The lowest BCUT2D eigenvalue weighted by Gasteiger charge is -2.06. The maximum atomic E-state index is 4.18. The molecule has 0 atom stereocenters. The van der Waals surface area contributed by atoms with E-state index in [1.165, 1.54) is 0 Å². The molecule has 0 aliphatic carbocycles. The van der Waals surface area contributed by atoms with Gasteiger partial charge >= 0.3 is 0 Å². The third kappa shape index (κ3) is 3.67. The number of imidazole rings is 1. The summed E-state index contributed by atoms with van der Waals surface area (Å²) in [6.07, 6.45) is 8.49. The van der Waals surface area contributed by atoms with Crippen LogP contribution in [-0.2, 0) is 13.1 Å². The van der Waals surface area contributed by atoms with Gasteiger partial charge < -0.3 is 9.88 Å². The van der Waals surface area contributed by atoms with E-state index in [2.05, 4.69) is 25.2 Å². The predicted octanol–water partition coefficient (Wildman–Crippen LogP) is 0.463. The molecular weight excluding hydrogens is 216 g/mol. The lowest BCUT2D eigenvalue weighted by atomic mass is 10.4. The number of aromatic nitrogens is 5. The zero-order chi connectivity index (χ0) is 11.9. The van der Waals surface area contributed by atoms with Crippen molar-refractivity contribution in [3.05, 3.63) is 30.6 Å². The Morgan fingerprint density at radius 1 is 1.18 bits per heavy atom. The first-order valence-corrected chi connectivity index (χ1v) is 5.89. The van der Waals surface area contributed by atoms with Crippen LogP contribution >= 0.6 is 0 Å². The van der Waals surface area contributed by atoms with Crippen molar-refractivity contribution in [2.24, 2.45) is 0 Å². The number of nitrogens with one attached hydrogen (secondary N) is 1. The molecule has 0 aliphatic rings. The van der Waals surface area contributed by atoms with Crippen LogP contribution in [0.2, 0.25) is 0 Å². The molecule has 0 aliphatic heterocycles. The van der Waals surface area contributed by atoms with E-state index in [0.29, 0.717) is 0 Å². The van der Waals surface area contributed by atoms with Crippen molar-refractivity contribution < 1.29 is 0 Å². The fraction of sp³-hybridized carbons (Fsp3) is 0.545. The summed E-state index contributed by atoms with van der Waals surface area (Å²) < 4.78 is 3.99. The molecule has 2 aromatic heterocycles. The van der Waals surface area contributed by atoms with Crippen LogP contribution in [0.5, 0.6) is 0 Å². The largest absolute Gasteiger partial charge is 0.334 e. The van der Waals surface area contributed by atoms with Crippen LogP contribution in [-0.4, -0.2) is 37.6 Å². The van der Waals surface area contributed by atoms with Crippen molar-refractivity contribution in [1.82, 2.24) is 29.9 Å². The van der Waals surface area contributed by atoms with Gasteiger partial charge in [-0.05, 0) is 19.9 Å². The van der Waals surface area contributed by atoms with Gasteiger partial charge in [0, 0.05) is 38.2 Å². The van der Waals surface area contributed by atoms with Gasteiger partial charge in [-0.25, -0.2) is 4.98 Å². The van der Waals surface area contributed by atoms with Gasteiger partial charge in [0.05, 0.1) is 6.20 Å². The normalized spacial score (nSPS) is 10.9. The van der Waals surface area contributed by atoms with Gasteiger partial charge in [-0.3, -0.25) is 4.68 Å². The highest BCUT2D eigenvalue weighted by Gasteiger charge is 1.96. The second-order valence-electron chi connectivity index (χ2n) is 3.94. The summed E-state index contributed by atoms with van der Waals surface area (Å²) in [7, 11) is 0. The van der Waals surface area contributed by atoms with Crippen molar-refractivity contribution >= 4 is 0 Å². The molecule has 0 unspecified atom stereocenters. The van der Waals surface area contributed by atoms with Crippen molar-refractivity contribution in [1.29, 1.82) is 0 Å². The first-order valence-electron chi connectivity index (χ1n) is 5.89. The molecule has 0 aromatic carbocycles. The molecule has 0 saturated heterocycles. The Morgan fingerprint density at radius 3 is 2.82 bits per heavy atom. The van der Waals surface area contributed by atoms with Gasteiger partial charge in [-0.1, -0.05) is 5.21 Å². The lowest BCUT2D eigenvalue weighted by molar-refractivity contribution is 0.515. The van der Waals surface area contributed by atoms with Crippen LogP contribution in [0.4, 0.5) is 0 Å².